The van der Waals surface area contributed by atoms with E-state index in [0.29, 0.717) is 11.3 Å². The second kappa shape index (κ2) is 6.45. The second-order valence-corrected chi connectivity index (χ2v) is 6.33. The van der Waals surface area contributed by atoms with Crippen molar-refractivity contribution in [1.29, 1.82) is 0 Å². The van der Waals surface area contributed by atoms with Crippen molar-refractivity contribution in [3.05, 3.63) is 47.9 Å². The Hall–Kier alpha value is -1.59. The Morgan fingerprint density at radius 2 is 2.24 bits per heavy atom. The van der Waals surface area contributed by atoms with Crippen LogP contribution < -0.4 is 10.1 Å². The molecule has 3 rings (SSSR count). The summed E-state index contributed by atoms with van der Waals surface area (Å²) in [6.07, 6.45) is 5.64. The highest BCUT2D eigenvalue weighted by atomic mass is 32.2. The summed E-state index contributed by atoms with van der Waals surface area (Å²) in [6, 6.07) is 8.67. The summed E-state index contributed by atoms with van der Waals surface area (Å²) in [4.78, 5) is 8.31. The van der Waals surface area contributed by atoms with E-state index in [0.717, 1.165) is 23.6 Å². The number of aryl methyl sites for hydroxylation is 1. The van der Waals surface area contributed by atoms with Crippen molar-refractivity contribution >= 4 is 11.8 Å². The van der Waals surface area contributed by atoms with Gasteiger partial charge in [-0.05, 0) is 49.2 Å². The van der Waals surface area contributed by atoms with Gasteiger partial charge in [-0.2, -0.15) is 0 Å². The molecule has 2 aromatic rings. The fourth-order valence-electron chi connectivity index (χ4n) is 2.85. The van der Waals surface area contributed by atoms with Crippen LogP contribution in [0.5, 0.6) is 5.75 Å². The molecule has 0 spiro atoms. The van der Waals surface area contributed by atoms with Gasteiger partial charge in [0.1, 0.15) is 12.1 Å². The fourth-order valence-corrected chi connectivity index (χ4v) is 4.07. The van der Waals surface area contributed by atoms with Crippen molar-refractivity contribution in [2.24, 2.45) is 0 Å². The zero-order chi connectivity index (χ0) is 14.7. The summed E-state index contributed by atoms with van der Waals surface area (Å²) in [5.41, 5.74) is 2.75. The Balaban J connectivity index is 1.87. The lowest BCUT2D eigenvalue weighted by Crippen LogP contribution is -2.32. The van der Waals surface area contributed by atoms with Crippen molar-refractivity contribution in [2.75, 3.05) is 14.2 Å². The van der Waals surface area contributed by atoms with Crippen LogP contribution in [0, 0.1) is 0 Å². The number of hydrogen-bond acceptors (Lipinski definition) is 5. The molecule has 0 saturated heterocycles. The molecule has 2 unspecified atom stereocenters. The molecule has 0 saturated carbocycles. The number of rotatable bonds is 4. The average Bonchev–Trinajstić information content (AvgIpc) is 2.55. The van der Waals surface area contributed by atoms with E-state index in [1.165, 1.54) is 11.1 Å². The number of aromatic nitrogens is 2. The SMILES string of the molecule is CNC1c2cc(OC)ccc2CCC1Sc1ccncn1. The number of thioether (sulfide) groups is 1. The zero-order valence-electron chi connectivity index (χ0n) is 12.2. The van der Waals surface area contributed by atoms with Crippen molar-refractivity contribution in [3.63, 3.8) is 0 Å². The van der Waals surface area contributed by atoms with E-state index in [1.54, 1.807) is 19.6 Å². The van der Waals surface area contributed by atoms with E-state index >= 15 is 0 Å². The van der Waals surface area contributed by atoms with Gasteiger partial charge in [0.2, 0.25) is 0 Å². The predicted molar refractivity (Wildman–Crippen MR) is 84.8 cm³/mol. The summed E-state index contributed by atoms with van der Waals surface area (Å²) in [5.74, 6) is 0.918. The highest BCUT2D eigenvalue weighted by Gasteiger charge is 2.29. The molecular formula is C16H19N3OS. The molecule has 0 amide bonds. The van der Waals surface area contributed by atoms with E-state index in [2.05, 4.69) is 27.4 Å². The van der Waals surface area contributed by atoms with Crippen molar-refractivity contribution in [3.8, 4) is 5.75 Å². The summed E-state index contributed by atoms with van der Waals surface area (Å²) in [7, 11) is 3.73. The van der Waals surface area contributed by atoms with Gasteiger partial charge >= 0.3 is 0 Å². The molecule has 0 aliphatic heterocycles. The third kappa shape index (κ3) is 3.04. The van der Waals surface area contributed by atoms with Gasteiger partial charge < -0.3 is 10.1 Å². The van der Waals surface area contributed by atoms with Crippen molar-refractivity contribution in [1.82, 2.24) is 15.3 Å². The van der Waals surface area contributed by atoms with Gasteiger partial charge in [0, 0.05) is 17.5 Å². The number of methoxy groups -OCH3 is 1. The standard InChI is InChI=1S/C16H19N3OS/c1-17-16-13-9-12(20-2)5-3-11(13)4-6-14(16)21-15-7-8-18-10-19-15/h3,5,7-10,14,16-17H,4,6H2,1-2H3. The lowest BCUT2D eigenvalue weighted by atomic mass is 9.87. The third-order valence-corrected chi connectivity index (χ3v) is 5.19. The van der Waals surface area contributed by atoms with E-state index in [-0.39, 0.29) is 0 Å². The molecule has 110 valence electrons. The van der Waals surface area contributed by atoms with Crippen LogP contribution in [-0.2, 0) is 6.42 Å². The van der Waals surface area contributed by atoms with Gasteiger partial charge in [-0.3, -0.25) is 0 Å². The Kier molecular flexibility index (Phi) is 4.41. The minimum atomic E-state index is 0.309. The van der Waals surface area contributed by atoms with Gasteiger partial charge in [0.15, 0.2) is 0 Å². The number of nitrogens with zero attached hydrogens (tertiary/aromatic N) is 2. The lowest BCUT2D eigenvalue weighted by molar-refractivity contribution is 0.411. The normalized spacial score (nSPS) is 20.9. The number of ether oxygens (including phenoxy) is 1. The van der Waals surface area contributed by atoms with Gasteiger partial charge in [-0.25, -0.2) is 9.97 Å². The highest BCUT2D eigenvalue weighted by molar-refractivity contribution is 7.99. The first-order valence-electron chi connectivity index (χ1n) is 7.08. The minimum absolute atomic E-state index is 0.309. The number of benzene rings is 1. The fraction of sp³-hybridized carbons (Fsp3) is 0.375. The first-order valence-corrected chi connectivity index (χ1v) is 7.96. The van der Waals surface area contributed by atoms with Gasteiger partial charge in [0.05, 0.1) is 12.1 Å². The third-order valence-electron chi connectivity index (χ3n) is 3.90. The first-order chi connectivity index (χ1) is 10.3. The van der Waals surface area contributed by atoms with E-state index < -0.39 is 0 Å². The molecule has 1 aliphatic carbocycles. The Morgan fingerprint density at radius 1 is 1.33 bits per heavy atom. The maximum absolute atomic E-state index is 5.37. The maximum atomic E-state index is 5.37. The molecule has 0 fully saturated rings. The quantitative estimate of drug-likeness (QED) is 0.880. The Bertz CT molecular complexity index is 606. The highest BCUT2D eigenvalue weighted by Crippen LogP contribution is 2.40. The van der Waals surface area contributed by atoms with E-state index in [1.807, 2.05) is 30.9 Å². The summed E-state index contributed by atoms with van der Waals surface area (Å²) >= 11 is 1.82. The topological polar surface area (TPSA) is 47.0 Å². The van der Waals surface area contributed by atoms with Crippen LogP contribution in [0.2, 0.25) is 0 Å². The van der Waals surface area contributed by atoms with Crippen LogP contribution in [0.4, 0.5) is 0 Å². The molecule has 1 heterocycles. The molecule has 2 atom stereocenters. The summed E-state index contributed by atoms with van der Waals surface area (Å²) in [5, 5.41) is 4.95. The predicted octanol–water partition coefficient (Wildman–Crippen LogP) is 2.85. The van der Waals surface area contributed by atoms with Crippen molar-refractivity contribution in [2.45, 2.75) is 29.2 Å². The van der Waals surface area contributed by atoms with Gasteiger partial charge in [-0.15, -0.1) is 11.8 Å². The van der Waals surface area contributed by atoms with Crippen LogP contribution in [0.25, 0.3) is 0 Å². The van der Waals surface area contributed by atoms with E-state index in [4.69, 9.17) is 4.74 Å². The van der Waals surface area contributed by atoms with E-state index in [9.17, 15) is 0 Å². The molecule has 1 aliphatic rings. The molecule has 5 heteroatoms. The Labute approximate surface area is 129 Å². The van der Waals surface area contributed by atoms with Gasteiger partial charge in [-0.1, -0.05) is 6.07 Å². The second-order valence-electron chi connectivity index (χ2n) is 5.07. The van der Waals surface area contributed by atoms with Crippen molar-refractivity contribution < 1.29 is 4.74 Å². The average molecular weight is 301 g/mol. The molecule has 0 radical (unpaired) electrons. The number of nitrogens with one attached hydrogen (secondary N) is 1. The van der Waals surface area contributed by atoms with Gasteiger partial charge in [0.25, 0.3) is 0 Å². The largest absolute Gasteiger partial charge is 0.497 e. The van der Waals surface area contributed by atoms with Crippen LogP contribution in [0.1, 0.15) is 23.6 Å². The number of hydrogen-bond donors (Lipinski definition) is 1. The minimum Gasteiger partial charge on any atom is -0.497 e. The molecule has 0 bridgehead atoms. The van der Waals surface area contributed by atoms with Crippen LogP contribution in [-0.4, -0.2) is 29.4 Å². The van der Waals surface area contributed by atoms with Crippen LogP contribution in [0.15, 0.2) is 41.8 Å². The lowest BCUT2D eigenvalue weighted by Gasteiger charge is -2.33. The van der Waals surface area contributed by atoms with Crippen LogP contribution >= 0.6 is 11.8 Å². The summed E-state index contributed by atoms with van der Waals surface area (Å²) in [6.45, 7) is 0. The van der Waals surface area contributed by atoms with Crippen LogP contribution in [0.3, 0.4) is 0 Å². The Morgan fingerprint density at radius 3 is 2.95 bits per heavy atom. The summed E-state index contributed by atoms with van der Waals surface area (Å²) < 4.78 is 5.37. The number of fused-ring (bicyclic) bond motifs is 1. The molecule has 4 nitrogen and oxygen atoms in total. The first kappa shape index (κ1) is 14.4. The smallest absolute Gasteiger partial charge is 0.119 e. The molecule has 1 N–H and O–H groups in total. The zero-order valence-corrected chi connectivity index (χ0v) is 13.1. The molecule has 1 aromatic carbocycles. The maximum Gasteiger partial charge on any atom is 0.119 e. The monoisotopic (exact) mass is 301 g/mol. The molecular weight excluding hydrogens is 282 g/mol. The molecule has 21 heavy (non-hydrogen) atoms. The molecule has 1 aromatic heterocycles.